The second-order valence-corrected chi connectivity index (χ2v) is 7.11. The Morgan fingerprint density at radius 2 is 1.68 bits per heavy atom. The van der Waals surface area contributed by atoms with Gasteiger partial charge in [-0.25, -0.2) is 4.79 Å². The van der Waals surface area contributed by atoms with Crippen molar-refractivity contribution in [2.24, 2.45) is 17.2 Å². The van der Waals surface area contributed by atoms with Crippen molar-refractivity contribution < 1.29 is 39.0 Å². The van der Waals surface area contributed by atoms with Crippen molar-refractivity contribution in [3.8, 4) is 0 Å². The molecule has 0 radical (unpaired) electrons. The summed E-state index contributed by atoms with van der Waals surface area (Å²) < 4.78 is 0. The molecule has 1 heterocycles. The van der Waals surface area contributed by atoms with Crippen LogP contribution < -0.4 is 27.8 Å². The quantitative estimate of drug-likeness (QED) is 0.153. The number of carboxylic acid groups (broad SMARTS) is 1. The van der Waals surface area contributed by atoms with Crippen molar-refractivity contribution in [1.29, 1.82) is 0 Å². The molecule has 14 nitrogen and oxygen atoms in total. The van der Waals surface area contributed by atoms with E-state index in [1.165, 1.54) is 0 Å². The minimum atomic E-state index is -1.43. The summed E-state index contributed by atoms with van der Waals surface area (Å²) in [5.41, 5.74) is 15.5. The number of aliphatic carboxylic acids is 1. The molecule has 4 atom stereocenters. The van der Waals surface area contributed by atoms with E-state index in [0.717, 1.165) is 4.90 Å². The first-order chi connectivity index (χ1) is 14.5. The first-order valence-electron chi connectivity index (χ1n) is 9.55. The first-order valence-corrected chi connectivity index (χ1v) is 9.55. The molecule has 0 aromatic carbocycles. The van der Waals surface area contributed by atoms with E-state index in [-0.39, 0.29) is 25.8 Å². The van der Waals surface area contributed by atoms with Gasteiger partial charge in [-0.05, 0) is 19.3 Å². The first kappa shape index (κ1) is 25.8. The molecule has 1 aliphatic heterocycles. The molecule has 14 heteroatoms. The van der Waals surface area contributed by atoms with Gasteiger partial charge in [-0.3, -0.25) is 24.0 Å². The maximum absolute atomic E-state index is 12.8. The van der Waals surface area contributed by atoms with Gasteiger partial charge in [0.1, 0.15) is 18.1 Å². The van der Waals surface area contributed by atoms with Crippen molar-refractivity contribution in [1.82, 2.24) is 15.5 Å². The van der Waals surface area contributed by atoms with Crippen LogP contribution in [-0.4, -0.2) is 87.9 Å². The maximum atomic E-state index is 12.8. The largest absolute Gasteiger partial charge is 0.480 e. The van der Waals surface area contributed by atoms with Gasteiger partial charge in [0, 0.05) is 13.0 Å². The fraction of sp³-hybridized carbons (Fsp3) is 0.647. The minimum Gasteiger partial charge on any atom is -0.480 e. The lowest BCUT2D eigenvalue weighted by molar-refractivity contribution is -0.145. The number of primary amides is 2. The standard InChI is InChI=1S/C17H28N6O8/c18-8(6-13(20)26)14(27)22-10(7-24)16(29)23-5-1-2-11(23)15(28)21-9(17(30)31)3-4-12(19)25/h8-11,24H,1-7,18H2,(H2,19,25)(H2,20,26)(H,21,28)(H,22,27)(H,30,31). The zero-order valence-corrected chi connectivity index (χ0v) is 16.8. The predicted octanol–water partition coefficient (Wildman–Crippen LogP) is -4.51. The van der Waals surface area contributed by atoms with Crippen molar-refractivity contribution in [2.45, 2.75) is 56.3 Å². The highest BCUT2D eigenvalue weighted by atomic mass is 16.4. The molecule has 174 valence electrons. The highest BCUT2D eigenvalue weighted by Gasteiger charge is 2.39. The number of carboxylic acids is 1. The Balaban J connectivity index is 2.82. The number of carbonyl (C=O) groups excluding carboxylic acids is 5. The van der Waals surface area contributed by atoms with Crippen LogP contribution in [0, 0.1) is 0 Å². The third-order valence-electron chi connectivity index (χ3n) is 4.69. The summed E-state index contributed by atoms with van der Waals surface area (Å²) in [6.07, 6.45) is -0.281. The molecule has 0 aliphatic carbocycles. The number of hydrogen-bond acceptors (Lipinski definition) is 8. The van der Waals surface area contributed by atoms with Gasteiger partial charge in [-0.2, -0.15) is 0 Å². The van der Waals surface area contributed by atoms with Gasteiger partial charge >= 0.3 is 5.97 Å². The second kappa shape index (κ2) is 11.8. The third-order valence-corrected chi connectivity index (χ3v) is 4.69. The Morgan fingerprint density at radius 1 is 1.03 bits per heavy atom. The Kier molecular flexibility index (Phi) is 9.82. The van der Waals surface area contributed by atoms with E-state index in [4.69, 9.17) is 17.2 Å². The van der Waals surface area contributed by atoms with E-state index in [1.807, 2.05) is 0 Å². The van der Waals surface area contributed by atoms with E-state index in [9.17, 15) is 39.0 Å². The normalized spacial score (nSPS) is 18.5. The molecule has 1 fully saturated rings. The lowest BCUT2D eigenvalue weighted by Gasteiger charge is -2.29. The highest BCUT2D eigenvalue weighted by Crippen LogP contribution is 2.19. The monoisotopic (exact) mass is 444 g/mol. The van der Waals surface area contributed by atoms with Crippen molar-refractivity contribution in [3.05, 3.63) is 0 Å². The summed E-state index contributed by atoms with van der Waals surface area (Å²) in [6, 6.07) is -5.16. The lowest BCUT2D eigenvalue weighted by Crippen LogP contribution is -2.58. The zero-order chi connectivity index (χ0) is 23.7. The van der Waals surface area contributed by atoms with Gasteiger partial charge in [-0.1, -0.05) is 0 Å². The number of aliphatic hydroxyl groups is 1. The van der Waals surface area contributed by atoms with Crippen LogP contribution in [0.1, 0.15) is 32.1 Å². The van der Waals surface area contributed by atoms with Crippen LogP contribution in [-0.2, 0) is 28.8 Å². The van der Waals surface area contributed by atoms with Crippen molar-refractivity contribution in [3.63, 3.8) is 0 Å². The fourth-order valence-corrected chi connectivity index (χ4v) is 3.09. The van der Waals surface area contributed by atoms with Gasteiger partial charge in [0.2, 0.25) is 29.5 Å². The van der Waals surface area contributed by atoms with E-state index in [2.05, 4.69) is 10.6 Å². The molecule has 0 saturated carbocycles. The average molecular weight is 444 g/mol. The molecule has 1 saturated heterocycles. The van der Waals surface area contributed by atoms with E-state index >= 15 is 0 Å². The number of nitrogens with zero attached hydrogens (tertiary/aromatic N) is 1. The van der Waals surface area contributed by atoms with Crippen LogP contribution in [0.25, 0.3) is 0 Å². The average Bonchev–Trinajstić information content (AvgIpc) is 3.17. The van der Waals surface area contributed by atoms with Crippen molar-refractivity contribution >= 4 is 35.5 Å². The number of nitrogens with two attached hydrogens (primary N) is 3. The van der Waals surface area contributed by atoms with Crippen LogP contribution in [0.3, 0.4) is 0 Å². The number of likely N-dealkylation sites (tertiary alicyclic amines) is 1. The Bertz CT molecular complexity index is 729. The molecule has 10 N–H and O–H groups in total. The number of rotatable bonds is 12. The van der Waals surface area contributed by atoms with Crippen LogP contribution in [0.2, 0.25) is 0 Å². The number of amides is 5. The van der Waals surface area contributed by atoms with Crippen LogP contribution in [0.4, 0.5) is 0 Å². The molecule has 0 aromatic heterocycles. The van der Waals surface area contributed by atoms with Crippen molar-refractivity contribution in [2.75, 3.05) is 13.2 Å². The number of nitrogens with one attached hydrogen (secondary N) is 2. The highest BCUT2D eigenvalue weighted by molar-refractivity contribution is 5.95. The summed E-state index contributed by atoms with van der Waals surface area (Å²) in [5.74, 6) is -5.33. The molecule has 0 aromatic rings. The minimum absolute atomic E-state index is 0.135. The molecule has 0 bridgehead atoms. The van der Waals surface area contributed by atoms with Gasteiger partial charge < -0.3 is 42.9 Å². The fourth-order valence-electron chi connectivity index (χ4n) is 3.09. The topological polar surface area (TPSA) is 248 Å². The molecule has 0 spiro atoms. The van der Waals surface area contributed by atoms with Gasteiger partial charge in [-0.15, -0.1) is 0 Å². The zero-order valence-electron chi connectivity index (χ0n) is 16.8. The van der Waals surface area contributed by atoms with E-state index in [1.54, 1.807) is 0 Å². The Morgan fingerprint density at radius 3 is 2.19 bits per heavy atom. The van der Waals surface area contributed by atoms with Gasteiger partial charge in [0.25, 0.3) is 0 Å². The van der Waals surface area contributed by atoms with E-state index < -0.39 is 72.7 Å². The Hall–Kier alpha value is -3.26. The second-order valence-electron chi connectivity index (χ2n) is 7.11. The smallest absolute Gasteiger partial charge is 0.326 e. The summed E-state index contributed by atoms with van der Waals surface area (Å²) in [5, 5.41) is 23.2. The van der Waals surface area contributed by atoms with Crippen LogP contribution in [0.5, 0.6) is 0 Å². The van der Waals surface area contributed by atoms with E-state index in [0.29, 0.717) is 6.42 Å². The van der Waals surface area contributed by atoms with Gasteiger partial charge in [0.15, 0.2) is 0 Å². The summed E-state index contributed by atoms with van der Waals surface area (Å²) in [7, 11) is 0. The molecule has 1 rings (SSSR count). The number of aliphatic hydroxyl groups excluding tert-OH is 1. The predicted molar refractivity (Wildman–Crippen MR) is 104 cm³/mol. The lowest BCUT2D eigenvalue weighted by atomic mass is 10.1. The molecular formula is C17H28N6O8. The molecule has 4 unspecified atom stereocenters. The molecule has 31 heavy (non-hydrogen) atoms. The molecular weight excluding hydrogens is 416 g/mol. The van der Waals surface area contributed by atoms with Crippen LogP contribution >= 0.6 is 0 Å². The summed E-state index contributed by atoms with van der Waals surface area (Å²) >= 11 is 0. The molecule has 5 amide bonds. The SMILES string of the molecule is NC(=O)CCC(NC(=O)C1CCCN1C(=O)C(CO)NC(=O)C(N)CC(N)=O)C(=O)O. The van der Waals surface area contributed by atoms with Gasteiger partial charge in [0.05, 0.1) is 19.1 Å². The summed E-state index contributed by atoms with van der Waals surface area (Å²) in [4.78, 5) is 71.6. The number of hydrogen-bond donors (Lipinski definition) is 7. The summed E-state index contributed by atoms with van der Waals surface area (Å²) in [6.45, 7) is -0.662. The van der Waals surface area contributed by atoms with Crippen LogP contribution in [0.15, 0.2) is 0 Å². The Labute approximate surface area is 177 Å². The number of carbonyl (C=O) groups is 6. The third kappa shape index (κ3) is 7.82. The maximum Gasteiger partial charge on any atom is 0.326 e. The molecule has 1 aliphatic rings.